The number of carbonyl (C=O) groups is 1. The molecule has 1 aliphatic rings. The average Bonchev–Trinajstić information content (AvgIpc) is 1.95. The zero-order valence-corrected chi connectivity index (χ0v) is 6.69. The molecule has 0 bridgehead atoms. The summed E-state index contributed by atoms with van der Waals surface area (Å²) in [6, 6.07) is 0. The van der Waals surface area contributed by atoms with Crippen molar-refractivity contribution < 1.29 is 4.79 Å². The van der Waals surface area contributed by atoms with Crippen LogP contribution in [0.25, 0.3) is 0 Å². The molecule has 1 rings (SSSR count). The number of carbonyl (C=O) groups excluding carboxylic acids is 1. The van der Waals surface area contributed by atoms with Crippen LogP contribution in [0.1, 0.15) is 13.3 Å². The molecule has 0 radical (unpaired) electrons. The fourth-order valence-corrected chi connectivity index (χ4v) is 1.22. The average molecular weight is 160 g/mol. The number of halogens is 1. The van der Waals surface area contributed by atoms with E-state index < -0.39 is 0 Å². The van der Waals surface area contributed by atoms with Gasteiger partial charge in [0.2, 0.25) is 0 Å². The second-order valence-electron chi connectivity index (χ2n) is 2.23. The highest BCUT2D eigenvalue weighted by atomic mass is 35.5. The third kappa shape index (κ3) is 1.32. The summed E-state index contributed by atoms with van der Waals surface area (Å²) >= 11 is 5.61. The summed E-state index contributed by atoms with van der Waals surface area (Å²) in [6.45, 7) is 3.52. The van der Waals surface area contributed by atoms with Crippen LogP contribution in [-0.2, 0) is 4.79 Å². The lowest BCUT2D eigenvalue weighted by molar-refractivity contribution is -0.126. The van der Waals surface area contributed by atoms with Crippen LogP contribution in [0.15, 0.2) is 11.1 Å². The fraction of sp³-hybridized carbons (Fsp3) is 0.571. The zero-order chi connectivity index (χ0) is 7.56. The van der Waals surface area contributed by atoms with E-state index in [1.165, 1.54) is 0 Å². The van der Waals surface area contributed by atoms with Gasteiger partial charge in [0.05, 0.1) is 0 Å². The van der Waals surface area contributed by atoms with Gasteiger partial charge in [-0.1, -0.05) is 17.7 Å². The van der Waals surface area contributed by atoms with E-state index in [2.05, 4.69) is 0 Å². The Labute approximate surface area is 65.5 Å². The summed E-state index contributed by atoms with van der Waals surface area (Å²) in [7, 11) is 0. The Morgan fingerprint density at radius 3 is 3.00 bits per heavy atom. The van der Waals surface area contributed by atoms with Gasteiger partial charge in [-0.3, -0.25) is 4.79 Å². The van der Waals surface area contributed by atoms with E-state index in [1.54, 1.807) is 11.0 Å². The number of hydrogen-bond acceptors (Lipinski definition) is 1. The van der Waals surface area contributed by atoms with Crippen LogP contribution in [0.2, 0.25) is 0 Å². The fourth-order valence-electron chi connectivity index (χ4n) is 0.989. The maximum atomic E-state index is 11.1. The van der Waals surface area contributed by atoms with Gasteiger partial charge < -0.3 is 4.90 Å². The number of hydrogen-bond donors (Lipinski definition) is 0. The minimum atomic E-state index is -0.0320. The monoisotopic (exact) mass is 159 g/mol. The second kappa shape index (κ2) is 3.06. The highest BCUT2D eigenvalue weighted by Crippen LogP contribution is 2.13. The molecule has 1 aliphatic heterocycles. The lowest BCUT2D eigenvalue weighted by Crippen LogP contribution is -2.34. The van der Waals surface area contributed by atoms with Crippen LogP contribution < -0.4 is 0 Å². The minimum Gasteiger partial charge on any atom is -0.338 e. The predicted octanol–water partition coefficient (Wildman–Crippen LogP) is 1.36. The van der Waals surface area contributed by atoms with Gasteiger partial charge in [0.15, 0.2) is 0 Å². The molecule has 1 heterocycles. The molecule has 0 aliphatic carbocycles. The highest BCUT2D eigenvalue weighted by molar-refractivity contribution is 6.42. The standard InChI is InChI=1S/C7H10ClNO/c1-2-9-5-3-4-6(8)7(9)10/h4H,2-3,5H2,1H3. The van der Waals surface area contributed by atoms with E-state index in [1.807, 2.05) is 6.92 Å². The summed E-state index contributed by atoms with van der Waals surface area (Å²) in [5, 5.41) is 0.369. The maximum Gasteiger partial charge on any atom is 0.265 e. The van der Waals surface area contributed by atoms with Gasteiger partial charge >= 0.3 is 0 Å². The summed E-state index contributed by atoms with van der Waals surface area (Å²) < 4.78 is 0. The lowest BCUT2D eigenvalue weighted by Gasteiger charge is -2.22. The van der Waals surface area contributed by atoms with Crippen LogP contribution in [0.4, 0.5) is 0 Å². The second-order valence-corrected chi connectivity index (χ2v) is 2.63. The molecular weight excluding hydrogens is 150 g/mol. The quantitative estimate of drug-likeness (QED) is 0.566. The maximum absolute atomic E-state index is 11.1. The van der Waals surface area contributed by atoms with Crippen LogP contribution >= 0.6 is 11.6 Å². The van der Waals surface area contributed by atoms with Gasteiger partial charge in [-0.15, -0.1) is 0 Å². The predicted molar refractivity (Wildman–Crippen MR) is 40.8 cm³/mol. The molecule has 1 amide bonds. The molecule has 2 nitrogen and oxygen atoms in total. The van der Waals surface area contributed by atoms with Crippen molar-refractivity contribution in [2.45, 2.75) is 13.3 Å². The first kappa shape index (κ1) is 7.61. The number of rotatable bonds is 1. The molecule has 0 N–H and O–H groups in total. The van der Waals surface area contributed by atoms with Crippen LogP contribution in [0.5, 0.6) is 0 Å². The van der Waals surface area contributed by atoms with Gasteiger partial charge in [0, 0.05) is 13.1 Å². The Morgan fingerprint density at radius 2 is 2.50 bits per heavy atom. The smallest absolute Gasteiger partial charge is 0.265 e. The molecular formula is C7H10ClNO. The van der Waals surface area contributed by atoms with Crippen LogP contribution in [0, 0.1) is 0 Å². The van der Waals surface area contributed by atoms with Crippen molar-refractivity contribution in [2.24, 2.45) is 0 Å². The molecule has 0 saturated carbocycles. The SMILES string of the molecule is CCN1CCC=C(Cl)C1=O. The van der Waals surface area contributed by atoms with Gasteiger partial charge in [-0.2, -0.15) is 0 Å². The molecule has 0 aromatic carbocycles. The number of likely N-dealkylation sites (N-methyl/N-ethyl adjacent to an activating group) is 1. The highest BCUT2D eigenvalue weighted by Gasteiger charge is 2.17. The van der Waals surface area contributed by atoms with Crippen molar-refractivity contribution in [2.75, 3.05) is 13.1 Å². The molecule has 3 heteroatoms. The third-order valence-electron chi connectivity index (χ3n) is 1.60. The molecule has 0 unspecified atom stereocenters. The Bertz CT molecular complexity index is 176. The Balaban J connectivity index is 2.68. The number of amides is 1. The van der Waals surface area contributed by atoms with Crippen molar-refractivity contribution in [3.8, 4) is 0 Å². The van der Waals surface area contributed by atoms with Crippen molar-refractivity contribution in [1.29, 1.82) is 0 Å². The lowest BCUT2D eigenvalue weighted by atomic mass is 10.2. The number of nitrogens with zero attached hydrogens (tertiary/aromatic N) is 1. The molecule has 56 valence electrons. The first-order chi connectivity index (χ1) is 4.75. The Kier molecular flexibility index (Phi) is 2.33. The van der Waals surface area contributed by atoms with Crippen molar-refractivity contribution in [1.82, 2.24) is 4.90 Å². The van der Waals surface area contributed by atoms with E-state index in [0.29, 0.717) is 5.03 Å². The molecule has 0 saturated heterocycles. The molecule has 0 atom stereocenters. The molecule has 0 fully saturated rings. The summed E-state index contributed by atoms with van der Waals surface area (Å²) in [4.78, 5) is 12.8. The summed E-state index contributed by atoms with van der Waals surface area (Å²) in [5.41, 5.74) is 0. The molecule has 0 spiro atoms. The van der Waals surface area contributed by atoms with Gasteiger partial charge in [-0.05, 0) is 13.3 Å². The van der Waals surface area contributed by atoms with Crippen LogP contribution in [0.3, 0.4) is 0 Å². The van der Waals surface area contributed by atoms with Gasteiger partial charge in [0.1, 0.15) is 5.03 Å². The first-order valence-electron chi connectivity index (χ1n) is 3.40. The van der Waals surface area contributed by atoms with E-state index in [9.17, 15) is 4.79 Å². The zero-order valence-electron chi connectivity index (χ0n) is 5.93. The van der Waals surface area contributed by atoms with Crippen molar-refractivity contribution >= 4 is 17.5 Å². The molecule has 0 aromatic rings. The van der Waals surface area contributed by atoms with Crippen LogP contribution in [-0.4, -0.2) is 23.9 Å². The van der Waals surface area contributed by atoms with Crippen molar-refractivity contribution in [3.05, 3.63) is 11.1 Å². The molecule has 10 heavy (non-hydrogen) atoms. The van der Waals surface area contributed by atoms with E-state index in [-0.39, 0.29) is 5.91 Å². The van der Waals surface area contributed by atoms with E-state index in [4.69, 9.17) is 11.6 Å². The summed E-state index contributed by atoms with van der Waals surface area (Å²) in [6.07, 6.45) is 2.66. The van der Waals surface area contributed by atoms with Gasteiger partial charge in [-0.25, -0.2) is 0 Å². The van der Waals surface area contributed by atoms with Gasteiger partial charge in [0.25, 0.3) is 5.91 Å². The Morgan fingerprint density at radius 1 is 1.80 bits per heavy atom. The normalized spacial score (nSPS) is 19.2. The van der Waals surface area contributed by atoms with E-state index in [0.717, 1.165) is 19.5 Å². The topological polar surface area (TPSA) is 20.3 Å². The third-order valence-corrected chi connectivity index (χ3v) is 1.91. The minimum absolute atomic E-state index is 0.0320. The van der Waals surface area contributed by atoms with E-state index >= 15 is 0 Å². The summed E-state index contributed by atoms with van der Waals surface area (Å²) in [5.74, 6) is -0.0320. The largest absolute Gasteiger partial charge is 0.338 e. The Hall–Kier alpha value is -0.500. The first-order valence-corrected chi connectivity index (χ1v) is 3.78. The molecule has 0 aromatic heterocycles. The van der Waals surface area contributed by atoms with Crippen molar-refractivity contribution in [3.63, 3.8) is 0 Å².